The third kappa shape index (κ3) is 3.59. The average molecular weight is 421 g/mol. The quantitative estimate of drug-likeness (QED) is 0.418. The monoisotopic (exact) mass is 420 g/mol. The molecule has 0 saturated heterocycles. The molecule has 0 saturated carbocycles. The number of nitrogens with one attached hydrogen (secondary N) is 1. The van der Waals surface area contributed by atoms with Crippen LogP contribution in [0, 0.1) is 0 Å². The van der Waals surface area contributed by atoms with Crippen molar-refractivity contribution >= 4 is 39.7 Å². The fourth-order valence-electron chi connectivity index (χ4n) is 4.33. The van der Waals surface area contributed by atoms with Gasteiger partial charge in [-0.05, 0) is 66.1 Å². The molecule has 29 heavy (non-hydrogen) atoms. The number of carbonyl (C=O) groups excluding carboxylic acids is 1. The lowest BCUT2D eigenvalue weighted by molar-refractivity contribution is -0.122. The predicted octanol–water partition coefficient (Wildman–Crippen LogP) is 6.22. The Hall–Kier alpha value is -2.56. The summed E-state index contributed by atoms with van der Waals surface area (Å²) in [5.41, 5.74) is 4.69. The first-order chi connectivity index (χ1) is 14.2. The number of nitrogens with zero attached hydrogens (tertiary/aromatic N) is 1. The van der Waals surface area contributed by atoms with Crippen LogP contribution in [0.4, 0.5) is 0 Å². The Balaban J connectivity index is 1.46. The SMILES string of the molecule is O=C(Cn1c(-c2cccs2)cc2cc(Cl)ccc21)NC1CCCc2ccccc21. The van der Waals surface area contributed by atoms with Crippen LogP contribution in [-0.2, 0) is 17.8 Å². The summed E-state index contributed by atoms with van der Waals surface area (Å²) in [5, 5.41) is 7.10. The van der Waals surface area contributed by atoms with Crippen molar-refractivity contribution in [2.75, 3.05) is 0 Å². The lowest BCUT2D eigenvalue weighted by Gasteiger charge is -2.26. The molecule has 1 unspecified atom stereocenters. The van der Waals surface area contributed by atoms with Crippen LogP contribution in [0.1, 0.15) is 30.0 Å². The zero-order valence-corrected chi connectivity index (χ0v) is 17.5. The van der Waals surface area contributed by atoms with E-state index in [1.165, 1.54) is 11.1 Å². The lowest BCUT2D eigenvalue weighted by atomic mass is 9.88. The van der Waals surface area contributed by atoms with Gasteiger partial charge in [-0.25, -0.2) is 0 Å². The highest BCUT2D eigenvalue weighted by Crippen LogP contribution is 2.33. The highest BCUT2D eigenvalue weighted by Gasteiger charge is 2.22. The number of fused-ring (bicyclic) bond motifs is 2. The fourth-order valence-corrected chi connectivity index (χ4v) is 5.26. The molecule has 0 bridgehead atoms. The summed E-state index contributed by atoms with van der Waals surface area (Å²) < 4.78 is 2.10. The van der Waals surface area contributed by atoms with E-state index in [0.29, 0.717) is 5.02 Å². The van der Waals surface area contributed by atoms with Crippen molar-refractivity contribution in [2.45, 2.75) is 31.8 Å². The molecule has 5 rings (SSSR count). The Morgan fingerprint density at radius 3 is 2.90 bits per heavy atom. The van der Waals surface area contributed by atoms with Gasteiger partial charge in [0.05, 0.1) is 16.6 Å². The number of hydrogen-bond donors (Lipinski definition) is 1. The Morgan fingerprint density at radius 1 is 1.14 bits per heavy atom. The van der Waals surface area contributed by atoms with Gasteiger partial charge in [-0.15, -0.1) is 11.3 Å². The van der Waals surface area contributed by atoms with Crippen LogP contribution in [0.3, 0.4) is 0 Å². The number of hydrogen-bond acceptors (Lipinski definition) is 2. The summed E-state index contributed by atoms with van der Waals surface area (Å²) in [7, 11) is 0. The van der Waals surface area contributed by atoms with Gasteiger partial charge in [-0.1, -0.05) is 41.9 Å². The Morgan fingerprint density at radius 2 is 2.03 bits per heavy atom. The second kappa shape index (κ2) is 7.69. The molecule has 146 valence electrons. The van der Waals surface area contributed by atoms with Gasteiger partial charge in [-0.2, -0.15) is 0 Å². The van der Waals surface area contributed by atoms with Crippen molar-refractivity contribution in [3.8, 4) is 10.6 Å². The topological polar surface area (TPSA) is 34.0 Å². The summed E-state index contributed by atoms with van der Waals surface area (Å²) in [6.07, 6.45) is 3.18. The number of amides is 1. The van der Waals surface area contributed by atoms with E-state index in [1.807, 2.05) is 24.3 Å². The van der Waals surface area contributed by atoms with Crippen LogP contribution in [0.5, 0.6) is 0 Å². The van der Waals surface area contributed by atoms with Crippen LogP contribution >= 0.6 is 22.9 Å². The molecular weight excluding hydrogens is 400 g/mol. The molecule has 2 aromatic carbocycles. The summed E-state index contributed by atoms with van der Waals surface area (Å²) in [6.45, 7) is 0.289. The van der Waals surface area contributed by atoms with E-state index in [-0.39, 0.29) is 18.5 Å². The average Bonchev–Trinajstić information content (AvgIpc) is 3.36. The predicted molar refractivity (Wildman–Crippen MR) is 121 cm³/mol. The molecule has 1 N–H and O–H groups in total. The van der Waals surface area contributed by atoms with Crippen molar-refractivity contribution in [1.82, 2.24) is 9.88 Å². The third-order valence-electron chi connectivity index (χ3n) is 5.64. The number of aryl methyl sites for hydroxylation is 1. The first kappa shape index (κ1) is 18.5. The summed E-state index contributed by atoms with van der Waals surface area (Å²) in [4.78, 5) is 14.2. The van der Waals surface area contributed by atoms with Crippen molar-refractivity contribution in [1.29, 1.82) is 0 Å². The highest BCUT2D eigenvalue weighted by atomic mass is 35.5. The third-order valence-corrected chi connectivity index (χ3v) is 6.77. The van der Waals surface area contributed by atoms with Gasteiger partial charge in [0, 0.05) is 15.9 Å². The Labute approximate surface area is 178 Å². The van der Waals surface area contributed by atoms with Gasteiger partial charge >= 0.3 is 0 Å². The van der Waals surface area contributed by atoms with Crippen LogP contribution in [0.25, 0.3) is 21.5 Å². The van der Waals surface area contributed by atoms with Gasteiger partial charge in [0.25, 0.3) is 0 Å². The van der Waals surface area contributed by atoms with Gasteiger partial charge in [0.2, 0.25) is 5.91 Å². The molecular formula is C24H21ClN2OS. The summed E-state index contributed by atoms with van der Waals surface area (Å²) in [6, 6.07) is 20.6. The zero-order valence-electron chi connectivity index (χ0n) is 15.9. The maximum Gasteiger partial charge on any atom is 0.240 e. The van der Waals surface area contributed by atoms with E-state index >= 15 is 0 Å². The number of thiophene rings is 1. The Kier molecular flexibility index (Phi) is 4.90. The van der Waals surface area contributed by atoms with Crippen LogP contribution < -0.4 is 5.32 Å². The number of carbonyl (C=O) groups is 1. The lowest BCUT2D eigenvalue weighted by Crippen LogP contribution is -2.33. The fraction of sp³-hybridized carbons (Fsp3) is 0.208. The van der Waals surface area contributed by atoms with Crippen molar-refractivity contribution in [3.05, 3.63) is 82.2 Å². The molecule has 0 radical (unpaired) electrons. The molecule has 0 spiro atoms. The van der Waals surface area contributed by atoms with E-state index in [0.717, 1.165) is 40.7 Å². The number of halogens is 1. The largest absolute Gasteiger partial charge is 0.348 e. The minimum absolute atomic E-state index is 0.0389. The maximum atomic E-state index is 13.1. The van der Waals surface area contributed by atoms with Crippen LogP contribution in [0.15, 0.2) is 66.0 Å². The number of aromatic nitrogens is 1. The maximum absolute atomic E-state index is 13.1. The molecule has 0 fully saturated rings. The molecule has 0 aliphatic heterocycles. The summed E-state index contributed by atoms with van der Waals surface area (Å²) in [5.74, 6) is 0.0389. The molecule has 1 atom stereocenters. The van der Waals surface area contributed by atoms with E-state index in [2.05, 4.69) is 51.7 Å². The van der Waals surface area contributed by atoms with Gasteiger partial charge < -0.3 is 9.88 Å². The molecule has 4 aromatic rings. The highest BCUT2D eigenvalue weighted by molar-refractivity contribution is 7.13. The van der Waals surface area contributed by atoms with Gasteiger partial charge in [-0.3, -0.25) is 4.79 Å². The number of rotatable bonds is 4. The standard InChI is InChI=1S/C24H21ClN2OS/c25-18-10-11-21-17(13-18)14-22(23-9-4-12-29-23)27(21)15-24(28)26-20-8-3-6-16-5-1-2-7-19(16)20/h1-2,4-5,7,9-14,20H,3,6,8,15H2,(H,26,28). The van der Waals surface area contributed by atoms with Gasteiger partial charge in [0.15, 0.2) is 0 Å². The first-order valence-corrected chi connectivity index (χ1v) is 11.1. The molecule has 2 aromatic heterocycles. The molecule has 2 heterocycles. The molecule has 1 aliphatic carbocycles. The first-order valence-electron chi connectivity index (χ1n) is 9.89. The van der Waals surface area contributed by atoms with Crippen molar-refractivity contribution < 1.29 is 4.79 Å². The van der Waals surface area contributed by atoms with E-state index < -0.39 is 0 Å². The Bertz CT molecular complexity index is 1180. The van der Waals surface area contributed by atoms with E-state index in [9.17, 15) is 4.79 Å². The van der Waals surface area contributed by atoms with Crippen molar-refractivity contribution in [3.63, 3.8) is 0 Å². The van der Waals surface area contributed by atoms with E-state index in [1.54, 1.807) is 11.3 Å². The van der Waals surface area contributed by atoms with Crippen LogP contribution in [0.2, 0.25) is 5.02 Å². The van der Waals surface area contributed by atoms with Gasteiger partial charge in [0.1, 0.15) is 6.54 Å². The molecule has 1 amide bonds. The minimum atomic E-state index is 0.0389. The van der Waals surface area contributed by atoms with E-state index in [4.69, 9.17) is 11.6 Å². The van der Waals surface area contributed by atoms with Crippen LogP contribution in [-0.4, -0.2) is 10.5 Å². The second-order valence-electron chi connectivity index (χ2n) is 7.51. The second-order valence-corrected chi connectivity index (χ2v) is 8.89. The minimum Gasteiger partial charge on any atom is -0.348 e. The van der Waals surface area contributed by atoms with Crippen molar-refractivity contribution in [2.24, 2.45) is 0 Å². The number of benzene rings is 2. The molecule has 5 heteroatoms. The smallest absolute Gasteiger partial charge is 0.240 e. The zero-order chi connectivity index (χ0) is 19.8. The molecule has 1 aliphatic rings. The normalized spacial score (nSPS) is 16.0. The summed E-state index contributed by atoms with van der Waals surface area (Å²) >= 11 is 7.88. The molecule has 3 nitrogen and oxygen atoms in total.